The molecule has 0 bridgehead atoms. The highest BCUT2D eigenvalue weighted by molar-refractivity contribution is 7.13. The normalized spacial score (nSPS) is 12.6. The van der Waals surface area contributed by atoms with Crippen LogP contribution in [0, 0.1) is 0 Å². The molecule has 1 N–H and O–H groups in total. The first-order chi connectivity index (χ1) is 17.7. The second kappa shape index (κ2) is 9.64. The lowest BCUT2D eigenvalue weighted by atomic mass is 10.0. The van der Waals surface area contributed by atoms with Gasteiger partial charge in [-0.25, -0.2) is 9.97 Å². The van der Waals surface area contributed by atoms with E-state index in [0.29, 0.717) is 32.5 Å². The van der Waals surface area contributed by atoms with Gasteiger partial charge in [-0.3, -0.25) is 4.79 Å². The van der Waals surface area contributed by atoms with Gasteiger partial charge in [0.1, 0.15) is 0 Å². The Hall–Kier alpha value is -3.69. The molecular formula is C27H20ClF3N4OS. The summed E-state index contributed by atoms with van der Waals surface area (Å²) < 4.78 is 41.3. The SMILES string of the molecule is CNC(=O)c1ccc2c(c1)nc(-c1nc(-c3ccc(Cl)cc3)cs1)n2[C@@H](C)c1ccc(C(F)(F)F)cc1. The summed E-state index contributed by atoms with van der Waals surface area (Å²) in [6.45, 7) is 1.90. The number of halogens is 4. The number of benzene rings is 3. The molecule has 5 aromatic rings. The molecule has 1 amide bonds. The first-order valence-electron chi connectivity index (χ1n) is 11.3. The number of hydrogen-bond acceptors (Lipinski definition) is 4. The van der Waals surface area contributed by atoms with Crippen LogP contribution >= 0.6 is 22.9 Å². The molecule has 188 valence electrons. The summed E-state index contributed by atoms with van der Waals surface area (Å²) in [4.78, 5) is 21.8. The van der Waals surface area contributed by atoms with Crippen LogP contribution in [0.3, 0.4) is 0 Å². The van der Waals surface area contributed by atoms with Crippen LogP contribution in [0.4, 0.5) is 13.2 Å². The molecule has 2 heterocycles. The number of aromatic nitrogens is 3. The minimum absolute atomic E-state index is 0.243. The standard InChI is InChI=1S/C27H20ClF3N4OS/c1-15(16-3-8-19(9-4-16)27(29,30)31)35-23-12-7-18(25(36)32-2)13-21(23)33-24(35)26-34-22(14-37-26)17-5-10-20(28)11-6-17/h3-15H,1-2H3,(H,32,36)/t15-/m0/s1. The molecule has 2 aromatic heterocycles. The number of thiazole rings is 1. The van der Waals surface area contributed by atoms with Crippen LogP contribution in [-0.2, 0) is 6.18 Å². The van der Waals surface area contributed by atoms with Crippen molar-refractivity contribution in [2.75, 3.05) is 7.05 Å². The van der Waals surface area contributed by atoms with E-state index in [4.69, 9.17) is 21.6 Å². The third-order valence-electron chi connectivity index (χ3n) is 6.12. The number of imidazole rings is 1. The zero-order valence-corrected chi connectivity index (χ0v) is 21.2. The van der Waals surface area contributed by atoms with Crippen LogP contribution in [0.1, 0.15) is 34.5 Å². The van der Waals surface area contributed by atoms with E-state index >= 15 is 0 Å². The molecule has 5 nitrogen and oxygen atoms in total. The Balaban J connectivity index is 1.64. The highest BCUT2D eigenvalue weighted by Gasteiger charge is 2.30. The Labute approximate surface area is 219 Å². The molecule has 0 spiro atoms. The zero-order valence-electron chi connectivity index (χ0n) is 19.7. The predicted octanol–water partition coefficient (Wildman–Crippen LogP) is 7.47. The van der Waals surface area contributed by atoms with Crippen molar-refractivity contribution in [2.24, 2.45) is 0 Å². The summed E-state index contributed by atoms with van der Waals surface area (Å²) in [6.07, 6.45) is -4.41. The number of nitrogens with one attached hydrogen (secondary N) is 1. The molecule has 0 aliphatic carbocycles. The fourth-order valence-electron chi connectivity index (χ4n) is 4.16. The lowest BCUT2D eigenvalue weighted by Gasteiger charge is -2.18. The number of carbonyl (C=O) groups is 1. The van der Waals surface area contributed by atoms with Crippen LogP contribution in [-0.4, -0.2) is 27.5 Å². The maximum atomic E-state index is 13.1. The molecule has 1 atom stereocenters. The molecule has 0 saturated heterocycles. The van der Waals surface area contributed by atoms with Crippen molar-refractivity contribution < 1.29 is 18.0 Å². The van der Waals surface area contributed by atoms with E-state index in [9.17, 15) is 18.0 Å². The fourth-order valence-corrected chi connectivity index (χ4v) is 5.10. The van der Waals surface area contributed by atoms with Crippen molar-refractivity contribution in [2.45, 2.75) is 19.1 Å². The summed E-state index contributed by atoms with van der Waals surface area (Å²) in [5, 5.41) is 5.79. The maximum Gasteiger partial charge on any atom is 0.416 e. The predicted molar refractivity (Wildman–Crippen MR) is 140 cm³/mol. The van der Waals surface area contributed by atoms with Gasteiger partial charge in [-0.15, -0.1) is 11.3 Å². The van der Waals surface area contributed by atoms with Crippen LogP contribution in [0.5, 0.6) is 0 Å². The number of amides is 1. The van der Waals surface area contributed by atoms with E-state index in [-0.39, 0.29) is 11.9 Å². The molecule has 0 radical (unpaired) electrons. The lowest BCUT2D eigenvalue weighted by Crippen LogP contribution is -2.17. The smallest absolute Gasteiger partial charge is 0.355 e. The van der Waals surface area contributed by atoms with Crippen LogP contribution in [0.25, 0.3) is 33.1 Å². The van der Waals surface area contributed by atoms with Crippen molar-refractivity contribution >= 4 is 39.9 Å². The highest BCUT2D eigenvalue weighted by Crippen LogP contribution is 2.36. The van der Waals surface area contributed by atoms with Gasteiger partial charge in [-0.1, -0.05) is 35.9 Å². The number of fused-ring (bicyclic) bond motifs is 1. The van der Waals surface area contributed by atoms with Gasteiger partial charge in [0, 0.05) is 28.6 Å². The zero-order chi connectivity index (χ0) is 26.3. The number of rotatable bonds is 5. The van der Waals surface area contributed by atoms with E-state index in [1.54, 1.807) is 37.4 Å². The number of carbonyl (C=O) groups excluding carboxylic acids is 1. The van der Waals surface area contributed by atoms with Gasteiger partial charge in [0.25, 0.3) is 5.91 Å². The molecule has 0 unspecified atom stereocenters. The van der Waals surface area contributed by atoms with Gasteiger partial charge in [0.15, 0.2) is 10.8 Å². The molecule has 0 aliphatic heterocycles. The Morgan fingerprint density at radius 2 is 1.73 bits per heavy atom. The summed E-state index contributed by atoms with van der Waals surface area (Å²) in [5.74, 6) is 0.315. The first kappa shape index (κ1) is 25.0. The van der Waals surface area contributed by atoms with Crippen molar-refractivity contribution in [3.63, 3.8) is 0 Å². The van der Waals surface area contributed by atoms with E-state index < -0.39 is 11.7 Å². The van der Waals surface area contributed by atoms with Crippen molar-refractivity contribution in [3.05, 3.63) is 93.8 Å². The van der Waals surface area contributed by atoms with Gasteiger partial charge in [-0.2, -0.15) is 13.2 Å². The summed E-state index contributed by atoms with van der Waals surface area (Å²) in [5.41, 5.74) is 3.39. The average Bonchev–Trinajstić information content (AvgIpc) is 3.52. The fraction of sp³-hybridized carbons (Fsp3) is 0.148. The quantitative estimate of drug-likeness (QED) is 0.251. The molecule has 0 aliphatic rings. The monoisotopic (exact) mass is 540 g/mol. The number of alkyl halides is 3. The largest absolute Gasteiger partial charge is 0.416 e. The minimum atomic E-state index is -4.41. The van der Waals surface area contributed by atoms with Crippen molar-refractivity contribution in [1.82, 2.24) is 19.9 Å². The molecular weight excluding hydrogens is 521 g/mol. The third-order valence-corrected chi connectivity index (χ3v) is 7.21. The topological polar surface area (TPSA) is 59.8 Å². The minimum Gasteiger partial charge on any atom is -0.355 e. The summed E-state index contributed by atoms with van der Waals surface area (Å²) >= 11 is 7.43. The molecule has 3 aromatic carbocycles. The van der Waals surface area contributed by atoms with E-state index in [2.05, 4.69) is 5.32 Å². The Bertz CT molecular complexity index is 1590. The third kappa shape index (κ3) is 4.84. The Morgan fingerprint density at radius 3 is 2.38 bits per heavy atom. The van der Waals surface area contributed by atoms with Crippen LogP contribution in [0.2, 0.25) is 5.02 Å². The van der Waals surface area contributed by atoms with Crippen molar-refractivity contribution in [3.8, 4) is 22.1 Å². The van der Waals surface area contributed by atoms with E-state index in [1.165, 1.54) is 23.5 Å². The summed E-state index contributed by atoms with van der Waals surface area (Å²) in [7, 11) is 1.55. The molecule has 0 fully saturated rings. The molecule has 10 heteroatoms. The van der Waals surface area contributed by atoms with E-state index in [1.807, 2.05) is 29.0 Å². The van der Waals surface area contributed by atoms with Gasteiger partial charge in [0.2, 0.25) is 0 Å². The Kier molecular flexibility index (Phi) is 6.51. The number of hydrogen-bond donors (Lipinski definition) is 1. The summed E-state index contributed by atoms with van der Waals surface area (Å²) in [6, 6.07) is 17.3. The van der Waals surface area contributed by atoms with E-state index in [0.717, 1.165) is 28.9 Å². The second-order valence-electron chi connectivity index (χ2n) is 8.43. The maximum absolute atomic E-state index is 13.1. The molecule has 37 heavy (non-hydrogen) atoms. The second-order valence-corrected chi connectivity index (χ2v) is 9.72. The van der Waals surface area contributed by atoms with Gasteiger partial charge in [-0.05, 0) is 55.0 Å². The lowest BCUT2D eigenvalue weighted by molar-refractivity contribution is -0.137. The Morgan fingerprint density at radius 1 is 1.03 bits per heavy atom. The van der Waals surface area contributed by atoms with Crippen molar-refractivity contribution in [1.29, 1.82) is 0 Å². The highest BCUT2D eigenvalue weighted by atomic mass is 35.5. The first-order valence-corrected chi connectivity index (χ1v) is 12.5. The van der Waals surface area contributed by atoms with Gasteiger partial charge in [0.05, 0.1) is 28.3 Å². The van der Waals surface area contributed by atoms with Gasteiger partial charge < -0.3 is 9.88 Å². The number of nitrogens with zero attached hydrogens (tertiary/aromatic N) is 3. The molecule has 5 rings (SSSR count). The molecule has 0 saturated carbocycles. The van der Waals surface area contributed by atoms with Crippen LogP contribution in [0.15, 0.2) is 72.1 Å². The average molecular weight is 541 g/mol. The van der Waals surface area contributed by atoms with Gasteiger partial charge >= 0.3 is 6.18 Å². The van der Waals surface area contributed by atoms with Crippen LogP contribution < -0.4 is 5.32 Å².